The third-order valence-electron chi connectivity index (χ3n) is 12.6. The molecule has 82 heavy (non-hydrogen) atoms. The zero-order chi connectivity index (χ0) is 59.4. The van der Waals surface area contributed by atoms with Crippen LogP contribution in [0.5, 0.6) is 0 Å². The lowest BCUT2D eigenvalue weighted by atomic mass is 9.90. The summed E-state index contributed by atoms with van der Waals surface area (Å²) in [6.45, 7) is -8.70. The van der Waals surface area contributed by atoms with Crippen molar-refractivity contribution >= 4 is 81.6 Å². The molecule has 0 radical (unpaired) electrons. The minimum atomic E-state index is -5.26. The molecular weight excluding hydrogens is 1200 g/mol. The van der Waals surface area contributed by atoms with Gasteiger partial charge in [0, 0.05) is 25.9 Å². The number of esters is 1. The van der Waals surface area contributed by atoms with E-state index in [2.05, 4.69) is 41.4 Å². The number of aliphatic hydroxyl groups is 2. The molecule has 6 heterocycles. The second kappa shape index (κ2) is 32.5. The van der Waals surface area contributed by atoms with Gasteiger partial charge in [0.25, 0.3) is 0 Å². The van der Waals surface area contributed by atoms with Crippen LogP contribution >= 0.6 is 41.6 Å². The highest BCUT2D eigenvalue weighted by Crippen LogP contribution is 2.56. The molecule has 0 saturated carbocycles. The highest BCUT2D eigenvalue weighted by atomic mass is 32.7. The molecule has 0 spiro atoms. The van der Waals surface area contributed by atoms with E-state index in [0.29, 0.717) is 17.8 Å². The molecule has 39 heteroatoms. The summed E-state index contributed by atoms with van der Waals surface area (Å²) >= 11 is 0.521. The number of aromatic nitrogens is 8. The quantitative estimate of drug-likeness (QED) is 0.0180. The maximum atomic E-state index is 13.8. The fourth-order valence-electron chi connectivity index (χ4n) is 8.34. The summed E-state index contributed by atoms with van der Waals surface area (Å²) in [5.41, 5.74) is 11.1. The van der Waals surface area contributed by atoms with Gasteiger partial charge in [-0.3, -0.25) is 45.6 Å². The number of aliphatic hydroxyl groups excluding tert-OH is 2. The highest BCUT2D eigenvalue weighted by Gasteiger charge is 2.48. The molecule has 0 aromatic carbocycles. The average molecular weight is 1270 g/mol. The normalized spacial score (nSPS) is 23.3. The molecule has 2 fully saturated rings. The van der Waals surface area contributed by atoms with Gasteiger partial charge < -0.3 is 69.7 Å². The Bertz CT molecular complexity index is 2830. The lowest BCUT2D eigenvalue weighted by Gasteiger charge is -2.43. The number of nitrogens with zero attached hydrogens (tertiary/aromatic N) is 8. The molecule has 0 bridgehead atoms. The summed E-state index contributed by atoms with van der Waals surface area (Å²) < 4.78 is 126. The zero-order valence-electron chi connectivity index (χ0n) is 45.0. The molecule has 2 saturated heterocycles. The number of carbonyl (C=O) groups excluding carboxylic acids is 1. The van der Waals surface area contributed by atoms with Crippen molar-refractivity contribution in [2.24, 2.45) is 0 Å². The largest absolute Gasteiger partial charge is 0.472 e. The van der Waals surface area contributed by atoms with Crippen LogP contribution in [0.2, 0.25) is 0 Å². The number of rotatable bonds is 40. The van der Waals surface area contributed by atoms with Gasteiger partial charge in [-0.15, -0.1) is 0 Å². The number of carbonyl (C=O) groups is 1. The third kappa shape index (κ3) is 21.0. The Balaban J connectivity index is 1.10. The van der Waals surface area contributed by atoms with Gasteiger partial charge in [0.15, 0.2) is 22.9 Å². The van der Waals surface area contributed by atoms with E-state index in [9.17, 15) is 47.7 Å². The van der Waals surface area contributed by atoms with Crippen molar-refractivity contribution in [3.05, 3.63) is 25.3 Å². The van der Waals surface area contributed by atoms with Crippen LogP contribution in [0.15, 0.2) is 25.3 Å². The topological polar surface area (TPSA) is 466 Å². The van der Waals surface area contributed by atoms with Crippen molar-refractivity contribution in [1.82, 2.24) is 39.0 Å². The van der Waals surface area contributed by atoms with Gasteiger partial charge in [-0.1, -0.05) is 45.4 Å². The average Bonchev–Trinajstić information content (AvgIpc) is 4.05. The van der Waals surface area contributed by atoms with Crippen molar-refractivity contribution in [1.29, 1.82) is 0 Å². The predicted molar refractivity (Wildman–Crippen MR) is 287 cm³/mol. The fraction of sp³-hybridized carbons (Fsp3) is 0.744. The Morgan fingerprint density at radius 3 is 2.11 bits per heavy atom. The van der Waals surface area contributed by atoms with Crippen molar-refractivity contribution in [2.75, 3.05) is 90.4 Å². The predicted octanol–water partition coefficient (Wildman–Crippen LogP) is 3.14. The molecule has 11 atom stereocenters. The first-order chi connectivity index (χ1) is 39.1. The second-order valence-electron chi connectivity index (χ2n) is 18.5. The molecule has 4 aromatic rings. The number of fused-ring (bicyclic) bond motifs is 2. The summed E-state index contributed by atoms with van der Waals surface area (Å²) in [4.78, 5) is 79.6. The summed E-state index contributed by atoms with van der Waals surface area (Å²) in [7, 11) is -13.8. The summed E-state index contributed by atoms with van der Waals surface area (Å²) in [6.07, 6.45) is 4.19. The number of phosphoric ester groups is 3. The number of methoxy groups -OCH3 is 1. The van der Waals surface area contributed by atoms with E-state index in [-0.39, 0.29) is 78.9 Å². The van der Waals surface area contributed by atoms with Gasteiger partial charge >= 0.3 is 36.2 Å². The smallest absolute Gasteiger partial charge is 0.465 e. The highest BCUT2D eigenvalue weighted by molar-refractivity contribution is 8.54. The molecule has 8 unspecified atom stereocenters. The number of ether oxygens (including phenoxy) is 6. The van der Waals surface area contributed by atoms with E-state index in [4.69, 9.17) is 72.1 Å². The van der Waals surface area contributed by atoms with Crippen LogP contribution in [0.1, 0.15) is 71.1 Å². The second-order valence-corrected chi connectivity index (χ2v) is 26.9. The molecule has 10 N–H and O–H groups in total. The molecule has 34 nitrogen and oxygen atoms in total. The summed E-state index contributed by atoms with van der Waals surface area (Å²) in [5, 5.41) is 20.4. The molecule has 0 amide bonds. The number of imidazole rings is 2. The van der Waals surface area contributed by atoms with Gasteiger partial charge in [0.1, 0.15) is 86.0 Å². The lowest BCUT2D eigenvalue weighted by molar-refractivity contribution is -0.214. The number of anilines is 2. The number of phosphoric acid groups is 3. The minimum Gasteiger partial charge on any atom is -0.465 e. The number of hydrogen-bond acceptors (Lipinski definition) is 29. The Kier molecular flexibility index (Phi) is 26.9. The van der Waals surface area contributed by atoms with Crippen LogP contribution < -0.4 is 11.5 Å². The molecule has 464 valence electrons. The number of nitrogen functional groups attached to an aromatic ring is 2. The van der Waals surface area contributed by atoms with E-state index < -0.39 is 138 Å². The Labute approximate surface area is 474 Å². The molecule has 4 aromatic heterocycles. The summed E-state index contributed by atoms with van der Waals surface area (Å²) in [6, 6.07) is 0. The van der Waals surface area contributed by atoms with Gasteiger partial charge in [-0.25, -0.2) is 48.2 Å². The van der Waals surface area contributed by atoms with Crippen LogP contribution in [0.4, 0.5) is 11.6 Å². The van der Waals surface area contributed by atoms with E-state index >= 15 is 0 Å². The van der Waals surface area contributed by atoms with Gasteiger partial charge in [-0.05, 0) is 30.6 Å². The van der Waals surface area contributed by atoms with Crippen molar-refractivity contribution in [2.45, 2.75) is 127 Å². The molecule has 2 aliphatic heterocycles. The third-order valence-corrected chi connectivity index (χ3v) is 18.5. The number of unbranched alkanes of at least 4 members (excludes halogenated alkanes) is 6. The fourth-order valence-corrected chi connectivity index (χ4v) is 12.9. The van der Waals surface area contributed by atoms with Crippen LogP contribution in [0, 0.1) is 0 Å². The number of nitrogens with two attached hydrogens (primary N) is 2. The maximum Gasteiger partial charge on any atom is 0.472 e. The Morgan fingerprint density at radius 2 is 1.44 bits per heavy atom. The molecular formula is C43H72N10O24P4S. The maximum absolute atomic E-state index is 13.8. The van der Waals surface area contributed by atoms with Crippen molar-refractivity contribution < 1.29 is 113 Å². The van der Waals surface area contributed by atoms with Crippen molar-refractivity contribution in [3.63, 3.8) is 0 Å². The molecule has 6 rings (SSSR count). The van der Waals surface area contributed by atoms with E-state index in [1.54, 1.807) is 0 Å². The van der Waals surface area contributed by atoms with Gasteiger partial charge in [-0.2, -0.15) is 0 Å². The standard InChI is InChI=1S/C43H72N10O24P4S/c1-3-4-5-6-7-8-9-11-35(56)67-16-17-82-81(63,64)75-22-34-43(12-10-14-66-34,70-29-53-27-51-37-40(45)47-25-49-42(37)53)23-76-79(59,60)72-18-30(55)31(69-28-52-26-50-36-39(44)46-24-48-41(36)52)20-74-80(61,62)77-33-19-68-32(38(33)65-2)21-73-78(57,58)71-15-13-54/h24-27,30-34,38,54-55H,3-23,28-29H2,1-2H3,(H,57,58)(H,59,60)(H,61,62)(H,63,64)(H2,44,46,48)(H2,45,47,49)/t30?,31-,32-,33?,34?,38?,43-/m1/s1. The zero-order valence-corrected chi connectivity index (χ0v) is 49.4. The SMILES string of the molecule is CCCCCCCCCC(=O)OCCSP(=O)(O)OCC1OCCC[C@]1(COP(=O)(O)OCC(O)[C@@H](COP(=O)(O)OC1CO[C@H](COP(=O)(O)OCCO)C1OC)OCn1cnc2c(N)ncnc21)OCn1cnc2c(N)ncnc21. The first kappa shape index (κ1) is 67.8. The van der Waals surface area contributed by atoms with E-state index in [1.165, 1.54) is 41.6 Å². The van der Waals surface area contributed by atoms with Crippen LogP contribution in [0.25, 0.3) is 22.3 Å². The Hall–Kier alpha value is -3.28. The number of hydrogen-bond donors (Lipinski definition) is 8. The van der Waals surface area contributed by atoms with E-state index in [0.717, 1.165) is 38.4 Å². The lowest BCUT2D eigenvalue weighted by Crippen LogP contribution is -2.55. The molecule has 2 aliphatic rings. The molecule has 0 aliphatic carbocycles. The first-order valence-electron chi connectivity index (χ1n) is 25.9. The summed E-state index contributed by atoms with van der Waals surface area (Å²) in [5.74, 6) is -0.400. The van der Waals surface area contributed by atoms with Crippen LogP contribution in [-0.4, -0.2) is 196 Å². The van der Waals surface area contributed by atoms with Gasteiger partial charge in [0.2, 0.25) is 0 Å². The van der Waals surface area contributed by atoms with Crippen LogP contribution in [0.3, 0.4) is 0 Å². The van der Waals surface area contributed by atoms with Crippen LogP contribution in [-0.2, 0) is 96.6 Å². The minimum absolute atomic E-state index is 0.0296. The Morgan fingerprint density at radius 1 is 0.793 bits per heavy atom. The monoisotopic (exact) mass is 1270 g/mol. The van der Waals surface area contributed by atoms with E-state index in [1.807, 2.05) is 0 Å². The van der Waals surface area contributed by atoms with Crippen molar-refractivity contribution in [3.8, 4) is 0 Å². The van der Waals surface area contributed by atoms with Gasteiger partial charge in [0.05, 0.1) is 65.5 Å². The first-order valence-corrected chi connectivity index (χ1v) is 33.5.